The van der Waals surface area contributed by atoms with Crippen LogP contribution in [0.2, 0.25) is 0 Å². The summed E-state index contributed by atoms with van der Waals surface area (Å²) in [5.41, 5.74) is 0.903. The van der Waals surface area contributed by atoms with E-state index in [0.29, 0.717) is 12.6 Å². The second-order valence-electron chi connectivity index (χ2n) is 5.28. The van der Waals surface area contributed by atoms with E-state index < -0.39 is 6.10 Å². The van der Waals surface area contributed by atoms with Crippen LogP contribution in [0, 0.1) is 5.92 Å². The Labute approximate surface area is 109 Å². The summed E-state index contributed by atoms with van der Waals surface area (Å²) in [4.78, 5) is 0. The fourth-order valence-corrected chi connectivity index (χ4v) is 2.22. The predicted molar refractivity (Wildman–Crippen MR) is 72.8 cm³/mol. The molecule has 0 aromatic heterocycles. The zero-order chi connectivity index (χ0) is 13.0. The van der Waals surface area contributed by atoms with Gasteiger partial charge in [0.05, 0.1) is 13.2 Å². The predicted octanol–water partition coefficient (Wildman–Crippen LogP) is 2.51. The molecule has 18 heavy (non-hydrogen) atoms. The van der Waals surface area contributed by atoms with E-state index in [4.69, 9.17) is 4.74 Å². The Bertz CT molecular complexity index is 377. The molecule has 2 unspecified atom stereocenters. The minimum atomic E-state index is -0.471. The highest BCUT2D eigenvalue weighted by molar-refractivity contribution is 5.29. The summed E-state index contributed by atoms with van der Waals surface area (Å²) in [6.45, 7) is 2.79. The van der Waals surface area contributed by atoms with Crippen LogP contribution in [0.1, 0.15) is 37.9 Å². The second-order valence-corrected chi connectivity index (χ2v) is 5.28. The molecule has 100 valence electrons. The second kappa shape index (κ2) is 6.21. The molecule has 1 saturated carbocycles. The van der Waals surface area contributed by atoms with Gasteiger partial charge in [-0.05, 0) is 37.0 Å². The van der Waals surface area contributed by atoms with E-state index in [2.05, 4.69) is 12.2 Å². The van der Waals surface area contributed by atoms with E-state index in [-0.39, 0.29) is 0 Å². The lowest BCUT2D eigenvalue weighted by molar-refractivity contribution is 0.169. The monoisotopic (exact) mass is 249 g/mol. The van der Waals surface area contributed by atoms with Crippen molar-refractivity contribution in [1.29, 1.82) is 0 Å². The summed E-state index contributed by atoms with van der Waals surface area (Å²) in [7, 11) is 1.64. The molecule has 2 rings (SSSR count). The molecular formula is C15H23NO2. The van der Waals surface area contributed by atoms with Crippen molar-refractivity contribution in [2.45, 2.75) is 38.3 Å². The molecule has 2 atom stereocenters. The molecule has 1 aliphatic carbocycles. The number of aliphatic hydroxyl groups excluding tert-OH is 1. The molecule has 0 spiro atoms. The first-order chi connectivity index (χ1) is 8.69. The third-order valence-electron chi connectivity index (χ3n) is 3.52. The molecule has 1 aliphatic rings. The number of aliphatic hydroxyl groups is 1. The first-order valence-corrected chi connectivity index (χ1v) is 6.74. The van der Waals surface area contributed by atoms with E-state index in [9.17, 15) is 5.11 Å². The lowest BCUT2D eigenvalue weighted by Gasteiger charge is -2.17. The van der Waals surface area contributed by atoms with Crippen molar-refractivity contribution in [3.8, 4) is 5.75 Å². The Hall–Kier alpha value is -1.06. The molecule has 1 aromatic carbocycles. The van der Waals surface area contributed by atoms with Gasteiger partial charge in [-0.2, -0.15) is 0 Å². The maximum atomic E-state index is 10.1. The van der Waals surface area contributed by atoms with Gasteiger partial charge in [-0.1, -0.05) is 25.0 Å². The maximum Gasteiger partial charge on any atom is 0.119 e. The van der Waals surface area contributed by atoms with Gasteiger partial charge in [0.25, 0.3) is 0 Å². The molecule has 0 amide bonds. The minimum absolute atomic E-state index is 0.471. The maximum absolute atomic E-state index is 10.1. The van der Waals surface area contributed by atoms with Crippen molar-refractivity contribution in [2.75, 3.05) is 13.7 Å². The van der Waals surface area contributed by atoms with Crippen LogP contribution in [-0.2, 0) is 0 Å². The number of nitrogens with one attached hydrogen (secondary N) is 1. The number of hydrogen-bond acceptors (Lipinski definition) is 3. The van der Waals surface area contributed by atoms with Crippen LogP contribution < -0.4 is 10.1 Å². The van der Waals surface area contributed by atoms with Gasteiger partial charge >= 0.3 is 0 Å². The lowest BCUT2D eigenvalue weighted by Crippen LogP contribution is -2.30. The lowest BCUT2D eigenvalue weighted by atomic mass is 10.1. The van der Waals surface area contributed by atoms with Crippen molar-refractivity contribution in [3.05, 3.63) is 29.8 Å². The van der Waals surface area contributed by atoms with Gasteiger partial charge in [0.2, 0.25) is 0 Å². The largest absolute Gasteiger partial charge is 0.497 e. The van der Waals surface area contributed by atoms with Gasteiger partial charge in [0.15, 0.2) is 0 Å². The normalized spacial score (nSPS) is 18.4. The first-order valence-electron chi connectivity index (χ1n) is 6.74. The molecule has 0 saturated heterocycles. The minimum Gasteiger partial charge on any atom is -0.497 e. The van der Waals surface area contributed by atoms with E-state index >= 15 is 0 Å². The van der Waals surface area contributed by atoms with Gasteiger partial charge in [0.1, 0.15) is 5.75 Å². The summed E-state index contributed by atoms with van der Waals surface area (Å²) in [5, 5.41) is 13.5. The summed E-state index contributed by atoms with van der Waals surface area (Å²) >= 11 is 0. The Morgan fingerprint density at radius 3 is 2.89 bits per heavy atom. The van der Waals surface area contributed by atoms with Crippen molar-refractivity contribution in [3.63, 3.8) is 0 Å². The summed E-state index contributed by atoms with van der Waals surface area (Å²) < 4.78 is 5.16. The van der Waals surface area contributed by atoms with Crippen LogP contribution in [-0.4, -0.2) is 24.8 Å². The Kier molecular flexibility index (Phi) is 4.61. The standard InChI is InChI=1S/C15H23NO2/c1-11(8-12-6-7-12)16-10-15(17)13-4-3-5-14(9-13)18-2/h3-5,9,11-12,15-17H,6-8,10H2,1-2H3. The number of rotatable bonds is 7. The van der Waals surface area contributed by atoms with Crippen LogP contribution >= 0.6 is 0 Å². The van der Waals surface area contributed by atoms with E-state index in [1.54, 1.807) is 7.11 Å². The molecule has 0 aliphatic heterocycles. The fraction of sp³-hybridized carbons (Fsp3) is 0.600. The molecule has 3 heteroatoms. The zero-order valence-corrected chi connectivity index (χ0v) is 11.2. The third-order valence-corrected chi connectivity index (χ3v) is 3.52. The van der Waals surface area contributed by atoms with Gasteiger partial charge in [-0.3, -0.25) is 0 Å². The van der Waals surface area contributed by atoms with Gasteiger partial charge in [0, 0.05) is 12.6 Å². The molecular weight excluding hydrogens is 226 g/mol. The topological polar surface area (TPSA) is 41.5 Å². The van der Waals surface area contributed by atoms with Gasteiger partial charge in [-0.15, -0.1) is 0 Å². The zero-order valence-electron chi connectivity index (χ0n) is 11.2. The summed E-state index contributed by atoms with van der Waals surface area (Å²) in [6, 6.07) is 8.10. The van der Waals surface area contributed by atoms with Gasteiger partial charge < -0.3 is 15.2 Å². The number of ether oxygens (including phenoxy) is 1. The van der Waals surface area contributed by atoms with Crippen molar-refractivity contribution < 1.29 is 9.84 Å². The van der Waals surface area contributed by atoms with Crippen LogP contribution in [0.25, 0.3) is 0 Å². The Balaban J connectivity index is 1.80. The van der Waals surface area contributed by atoms with Crippen LogP contribution in [0.4, 0.5) is 0 Å². The Morgan fingerprint density at radius 1 is 1.44 bits per heavy atom. The molecule has 3 nitrogen and oxygen atoms in total. The summed E-state index contributed by atoms with van der Waals surface area (Å²) in [6.07, 6.45) is 3.52. The molecule has 2 N–H and O–H groups in total. The van der Waals surface area contributed by atoms with E-state index in [0.717, 1.165) is 17.2 Å². The highest BCUT2D eigenvalue weighted by Gasteiger charge is 2.23. The highest BCUT2D eigenvalue weighted by atomic mass is 16.5. The number of methoxy groups -OCH3 is 1. The van der Waals surface area contributed by atoms with Crippen molar-refractivity contribution in [1.82, 2.24) is 5.32 Å². The van der Waals surface area contributed by atoms with Crippen LogP contribution in [0.15, 0.2) is 24.3 Å². The number of hydrogen-bond donors (Lipinski definition) is 2. The van der Waals surface area contributed by atoms with Crippen LogP contribution in [0.5, 0.6) is 5.75 Å². The molecule has 0 heterocycles. The molecule has 0 bridgehead atoms. The first kappa shape index (κ1) is 13.4. The Morgan fingerprint density at radius 2 is 2.22 bits per heavy atom. The average molecular weight is 249 g/mol. The average Bonchev–Trinajstić information content (AvgIpc) is 3.20. The SMILES string of the molecule is COc1cccc(C(O)CNC(C)CC2CC2)c1. The van der Waals surface area contributed by atoms with E-state index in [1.165, 1.54) is 19.3 Å². The van der Waals surface area contributed by atoms with Crippen molar-refractivity contribution >= 4 is 0 Å². The summed E-state index contributed by atoms with van der Waals surface area (Å²) in [5.74, 6) is 1.71. The molecule has 0 radical (unpaired) electrons. The smallest absolute Gasteiger partial charge is 0.119 e. The van der Waals surface area contributed by atoms with Gasteiger partial charge in [-0.25, -0.2) is 0 Å². The van der Waals surface area contributed by atoms with Crippen LogP contribution in [0.3, 0.4) is 0 Å². The number of benzene rings is 1. The van der Waals surface area contributed by atoms with E-state index in [1.807, 2.05) is 24.3 Å². The van der Waals surface area contributed by atoms with Crippen molar-refractivity contribution in [2.24, 2.45) is 5.92 Å². The highest BCUT2D eigenvalue weighted by Crippen LogP contribution is 2.33. The fourth-order valence-electron chi connectivity index (χ4n) is 2.22. The quantitative estimate of drug-likeness (QED) is 0.780. The third kappa shape index (κ3) is 4.00. The molecule has 1 fully saturated rings. The molecule has 1 aromatic rings.